The third kappa shape index (κ3) is 4.17. The van der Waals surface area contributed by atoms with E-state index in [0.29, 0.717) is 0 Å². The van der Waals surface area contributed by atoms with Gasteiger partial charge in [-0.15, -0.1) is 0 Å². The summed E-state index contributed by atoms with van der Waals surface area (Å²) in [5, 5.41) is 0. The van der Waals surface area contributed by atoms with Crippen LogP contribution in [0.5, 0.6) is 0 Å². The molecule has 0 amide bonds. The van der Waals surface area contributed by atoms with E-state index in [1.54, 1.807) is 0 Å². The molecule has 0 spiro atoms. The first-order chi connectivity index (χ1) is 7.09. The molecule has 0 aromatic heterocycles. The Morgan fingerprint density at radius 1 is 1.33 bits per heavy atom. The molecule has 15 heavy (non-hydrogen) atoms. The molecule has 1 rings (SSSR count). The summed E-state index contributed by atoms with van der Waals surface area (Å²) in [6, 6.07) is 0. The van der Waals surface area contributed by atoms with Gasteiger partial charge in [0.15, 0.2) is 0 Å². The fourth-order valence-corrected chi connectivity index (χ4v) is 1.42. The van der Waals surface area contributed by atoms with Crippen molar-refractivity contribution in [2.45, 2.75) is 0 Å². The van der Waals surface area contributed by atoms with Crippen molar-refractivity contribution in [1.82, 2.24) is 4.90 Å². The molecule has 1 aliphatic carbocycles. The molecular formula is C13H21N2+. The van der Waals surface area contributed by atoms with Gasteiger partial charge in [-0.2, -0.15) is 0 Å². The molecule has 0 unspecified atom stereocenters. The van der Waals surface area contributed by atoms with Crippen molar-refractivity contribution in [3.05, 3.63) is 47.7 Å². The topological polar surface area (TPSA) is 7.68 Å². The van der Waals surface area contributed by atoms with Crippen LogP contribution in [-0.2, 0) is 0 Å². The van der Waals surface area contributed by atoms with Crippen LogP contribution in [0.2, 0.25) is 0 Å². The molecule has 0 heterocycles. The fourth-order valence-electron chi connectivity index (χ4n) is 1.42. The molecule has 0 saturated carbocycles. The molecule has 0 aliphatic heterocycles. The number of nitrogens with zero attached hydrogens (tertiary/aromatic N) is 1. The van der Waals surface area contributed by atoms with E-state index in [4.69, 9.17) is 0 Å². The van der Waals surface area contributed by atoms with Gasteiger partial charge < -0.3 is 9.80 Å². The lowest BCUT2D eigenvalue weighted by Gasteiger charge is -2.07. The van der Waals surface area contributed by atoms with Crippen LogP contribution in [0.1, 0.15) is 0 Å². The van der Waals surface area contributed by atoms with Crippen molar-refractivity contribution in [3.8, 4) is 0 Å². The highest BCUT2D eigenvalue weighted by molar-refractivity contribution is 5.53. The van der Waals surface area contributed by atoms with Crippen LogP contribution in [0.3, 0.4) is 0 Å². The second kappa shape index (κ2) is 5.56. The Hall–Kier alpha value is -1.28. The Kier molecular flexibility index (Phi) is 4.37. The van der Waals surface area contributed by atoms with Crippen LogP contribution in [0.4, 0.5) is 0 Å². The maximum atomic E-state index is 2.22. The molecule has 0 radical (unpaired) electrons. The van der Waals surface area contributed by atoms with E-state index in [2.05, 4.69) is 55.6 Å². The minimum Gasteiger partial charge on any atom is -0.383 e. The largest absolute Gasteiger partial charge is 0.383 e. The smallest absolute Gasteiger partial charge is 0.0957 e. The van der Waals surface area contributed by atoms with Crippen LogP contribution in [0.25, 0.3) is 0 Å². The summed E-state index contributed by atoms with van der Waals surface area (Å²) in [5.41, 5.74) is 2.58. The van der Waals surface area contributed by atoms with Crippen molar-refractivity contribution < 1.29 is 4.90 Å². The maximum absolute atomic E-state index is 2.22. The SMILES string of the molecule is CN(C)/C=C1\C=CC=C1/C=C/C[NH+](C)C. The van der Waals surface area contributed by atoms with Gasteiger partial charge in [0.1, 0.15) is 0 Å². The standard InChI is InChI=1S/C13H20N2/c1-14(2)10-6-9-12-7-5-8-13(12)11-15(3)4/h5-9,11H,10H2,1-4H3/p+1/b9-6+,13-11+. The van der Waals surface area contributed by atoms with Crippen LogP contribution in [-0.4, -0.2) is 39.6 Å². The summed E-state index contributed by atoms with van der Waals surface area (Å²) in [7, 11) is 8.40. The zero-order valence-corrected chi connectivity index (χ0v) is 10.1. The number of allylic oxidation sites excluding steroid dienone is 6. The van der Waals surface area contributed by atoms with Crippen LogP contribution in [0.15, 0.2) is 47.7 Å². The Bertz CT molecular complexity index is 317. The zero-order valence-electron chi connectivity index (χ0n) is 10.1. The van der Waals surface area contributed by atoms with Gasteiger partial charge in [-0.1, -0.05) is 24.3 Å². The highest BCUT2D eigenvalue weighted by Crippen LogP contribution is 2.19. The van der Waals surface area contributed by atoms with E-state index >= 15 is 0 Å². The maximum Gasteiger partial charge on any atom is 0.0957 e. The molecule has 0 aromatic rings. The van der Waals surface area contributed by atoms with E-state index in [1.807, 2.05) is 14.1 Å². The predicted octanol–water partition coefficient (Wildman–Crippen LogP) is 0.629. The third-order valence-corrected chi connectivity index (χ3v) is 2.11. The number of rotatable bonds is 4. The first-order valence-corrected chi connectivity index (χ1v) is 5.32. The minimum atomic E-state index is 1.06. The second-order valence-corrected chi connectivity index (χ2v) is 4.34. The fraction of sp³-hybridized carbons (Fsp3) is 0.385. The van der Waals surface area contributed by atoms with Gasteiger partial charge in [0.2, 0.25) is 0 Å². The summed E-state index contributed by atoms with van der Waals surface area (Å²) in [6.07, 6.45) is 12.9. The number of hydrogen-bond donors (Lipinski definition) is 1. The number of likely N-dealkylation sites (N-methyl/N-ethyl adjacent to an activating group) is 1. The third-order valence-electron chi connectivity index (χ3n) is 2.11. The van der Waals surface area contributed by atoms with E-state index in [1.165, 1.54) is 16.0 Å². The van der Waals surface area contributed by atoms with E-state index < -0.39 is 0 Å². The van der Waals surface area contributed by atoms with Gasteiger partial charge in [0.25, 0.3) is 0 Å². The summed E-state index contributed by atoms with van der Waals surface area (Å²) >= 11 is 0. The van der Waals surface area contributed by atoms with E-state index in [0.717, 1.165) is 6.54 Å². The summed E-state index contributed by atoms with van der Waals surface area (Å²) in [4.78, 5) is 3.51. The molecule has 82 valence electrons. The van der Waals surface area contributed by atoms with Gasteiger partial charge >= 0.3 is 0 Å². The Morgan fingerprint density at radius 2 is 2.07 bits per heavy atom. The number of quaternary nitrogens is 1. The van der Waals surface area contributed by atoms with Crippen molar-refractivity contribution >= 4 is 0 Å². The lowest BCUT2D eigenvalue weighted by molar-refractivity contribution is -0.851. The van der Waals surface area contributed by atoms with Gasteiger partial charge in [0, 0.05) is 20.3 Å². The Morgan fingerprint density at radius 3 is 2.67 bits per heavy atom. The summed E-state index contributed by atoms with van der Waals surface area (Å²) in [5.74, 6) is 0. The van der Waals surface area contributed by atoms with E-state index in [-0.39, 0.29) is 0 Å². The van der Waals surface area contributed by atoms with Crippen molar-refractivity contribution in [3.63, 3.8) is 0 Å². The average Bonchev–Trinajstić information content (AvgIpc) is 2.51. The highest BCUT2D eigenvalue weighted by Gasteiger charge is 2.03. The quantitative estimate of drug-likeness (QED) is 0.707. The van der Waals surface area contributed by atoms with E-state index in [9.17, 15) is 0 Å². The predicted molar refractivity (Wildman–Crippen MR) is 65.8 cm³/mol. The Labute approximate surface area is 92.9 Å². The van der Waals surface area contributed by atoms with Crippen molar-refractivity contribution in [2.75, 3.05) is 34.7 Å². The molecule has 1 aliphatic rings. The zero-order chi connectivity index (χ0) is 11.3. The molecule has 0 bridgehead atoms. The molecule has 2 nitrogen and oxygen atoms in total. The molecule has 2 heteroatoms. The molecule has 0 fully saturated rings. The van der Waals surface area contributed by atoms with Gasteiger partial charge in [-0.25, -0.2) is 0 Å². The lowest BCUT2D eigenvalue weighted by atomic mass is 10.1. The van der Waals surface area contributed by atoms with Gasteiger partial charge in [0.05, 0.1) is 20.6 Å². The molecule has 0 atom stereocenters. The summed E-state index contributed by atoms with van der Waals surface area (Å²) in [6.45, 7) is 1.06. The first kappa shape index (κ1) is 11.8. The number of nitrogens with one attached hydrogen (secondary N) is 1. The Balaban J connectivity index is 2.60. The molecule has 1 N–H and O–H groups in total. The van der Waals surface area contributed by atoms with Crippen molar-refractivity contribution in [1.29, 1.82) is 0 Å². The van der Waals surface area contributed by atoms with Crippen LogP contribution >= 0.6 is 0 Å². The average molecular weight is 205 g/mol. The summed E-state index contributed by atoms with van der Waals surface area (Å²) < 4.78 is 0. The van der Waals surface area contributed by atoms with Gasteiger partial charge in [-0.05, 0) is 17.2 Å². The second-order valence-electron chi connectivity index (χ2n) is 4.34. The minimum absolute atomic E-state index is 1.06. The number of hydrogen-bond acceptors (Lipinski definition) is 1. The highest BCUT2D eigenvalue weighted by atomic mass is 15.0. The molecule has 0 saturated heterocycles. The monoisotopic (exact) mass is 205 g/mol. The van der Waals surface area contributed by atoms with Crippen molar-refractivity contribution in [2.24, 2.45) is 0 Å². The van der Waals surface area contributed by atoms with Crippen LogP contribution in [0, 0.1) is 0 Å². The normalized spacial score (nSPS) is 18.2. The van der Waals surface area contributed by atoms with Gasteiger partial charge in [-0.3, -0.25) is 0 Å². The molecular weight excluding hydrogens is 184 g/mol. The first-order valence-electron chi connectivity index (χ1n) is 5.32. The lowest BCUT2D eigenvalue weighted by Crippen LogP contribution is -3.05. The van der Waals surface area contributed by atoms with Crippen LogP contribution < -0.4 is 4.90 Å². The molecule has 0 aromatic carbocycles.